The highest BCUT2D eigenvalue weighted by Gasteiger charge is 2.29. The molecule has 0 bridgehead atoms. The molecular formula is C28H30Cl2N6O3. The molecular weight excluding hydrogens is 539 g/mol. The number of halogens is 2. The molecule has 0 aliphatic carbocycles. The maximum atomic E-state index is 13.6. The van der Waals surface area contributed by atoms with E-state index in [0.717, 1.165) is 36.1 Å². The summed E-state index contributed by atoms with van der Waals surface area (Å²) in [6.45, 7) is 4.73. The summed E-state index contributed by atoms with van der Waals surface area (Å²) in [6.07, 6.45) is 5.08. The molecule has 5 rings (SSSR count). The van der Waals surface area contributed by atoms with Crippen LogP contribution in [0.3, 0.4) is 0 Å². The van der Waals surface area contributed by atoms with E-state index in [4.69, 9.17) is 27.9 Å². The van der Waals surface area contributed by atoms with Gasteiger partial charge in [-0.1, -0.05) is 23.2 Å². The highest BCUT2D eigenvalue weighted by Crippen LogP contribution is 2.32. The predicted molar refractivity (Wildman–Crippen MR) is 152 cm³/mol. The summed E-state index contributed by atoms with van der Waals surface area (Å²) < 4.78 is 5.07. The molecule has 2 atom stereocenters. The van der Waals surface area contributed by atoms with Crippen molar-refractivity contribution >= 4 is 62.8 Å². The summed E-state index contributed by atoms with van der Waals surface area (Å²) in [5, 5.41) is 5.03. The van der Waals surface area contributed by atoms with Gasteiger partial charge < -0.3 is 19.9 Å². The van der Waals surface area contributed by atoms with Gasteiger partial charge in [-0.2, -0.15) is 0 Å². The second kappa shape index (κ2) is 11.8. The number of piperidine rings is 1. The molecule has 1 fully saturated rings. The van der Waals surface area contributed by atoms with Crippen molar-refractivity contribution in [1.29, 1.82) is 0 Å². The summed E-state index contributed by atoms with van der Waals surface area (Å²) in [4.78, 5) is 44.2. The number of H-pyrrole nitrogens is 1. The van der Waals surface area contributed by atoms with Crippen LogP contribution >= 0.6 is 23.2 Å². The standard InChI is InChI=1S/C28H30Cl2N6O3/c1-3-39-25(37)10-8-18-6-4-5-11-36(18)28(38)19-14-23-20(13-21(19)30)27(32-15-31-23)33-16(2)26-34-22-9-7-17(29)12-24(22)35-26/h7,9,12-16,18H,3-6,8,10-11H2,1-2H3,(H,34,35)(H,31,32,33)/t16-,18-/m1/s1. The average Bonchev–Trinajstić information content (AvgIpc) is 3.35. The lowest BCUT2D eigenvalue weighted by atomic mass is 9.96. The SMILES string of the molecule is CCOC(=O)CC[C@H]1CCCCN1C(=O)c1cc2ncnc(N[C@H](C)c3nc4cc(Cl)ccc4[nH]3)c2cc1Cl. The maximum Gasteiger partial charge on any atom is 0.305 e. The van der Waals surface area contributed by atoms with E-state index in [1.165, 1.54) is 6.33 Å². The molecule has 1 aliphatic rings. The van der Waals surface area contributed by atoms with E-state index >= 15 is 0 Å². The molecule has 1 saturated heterocycles. The van der Waals surface area contributed by atoms with Crippen LogP contribution in [0.15, 0.2) is 36.7 Å². The second-order valence-electron chi connectivity index (χ2n) is 9.71. The van der Waals surface area contributed by atoms with Crippen molar-refractivity contribution in [2.75, 3.05) is 18.5 Å². The molecule has 1 aliphatic heterocycles. The number of imidazole rings is 1. The van der Waals surface area contributed by atoms with Crippen molar-refractivity contribution in [2.45, 2.75) is 58.0 Å². The molecule has 39 heavy (non-hydrogen) atoms. The van der Waals surface area contributed by atoms with Gasteiger partial charge in [0.2, 0.25) is 0 Å². The van der Waals surface area contributed by atoms with E-state index in [1.807, 2.05) is 30.0 Å². The van der Waals surface area contributed by atoms with Crippen LogP contribution in [0.25, 0.3) is 21.9 Å². The summed E-state index contributed by atoms with van der Waals surface area (Å²) in [7, 11) is 0. The fourth-order valence-corrected chi connectivity index (χ4v) is 5.48. The molecule has 2 N–H and O–H groups in total. The highest BCUT2D eigenvalue weighted by molar-refractivity contribution is 6.35. The van der Waals surface area contributed by atoms with Crippen molar-refractivity contribution in [3.05, 3.63) is 58.1 Å². The molecule has 0 radical (unpaired) electrons. The number of hydrogen-bond donors (Lipinski definition) is 2. The Hall–Kier alpha value is -3.43. The van der Waals surface area contributed by atoms with E-state index in [1.54, 1.807) is 19.1 Å². The van der Waals surface area contributed by atoms with Gasteiger partial charge in [-0.15, -0.1) is 0 Å². The number of hydrogen-bond acceptors (Lipinski definition) is 7. The Morgan fingerprint density at radius 2 is 2.03 bits per heavy atom. The topological polar surface area (TPSA) is 113 Å². The van der Waals surface area contributed by atoms with Gasteiger partial charge in [-0.05, 0) is 69.9 Å². The Morgan fingerprint density at radius 3 is 2.85 bits per heavy atom. The van der Waals surface area contributed by atoms with Crippen molar-refractivity contribution in [2.24, 2.45) is 0 Å². The fourth-order valence-electron chi connectivity index (χ4n) is 5.07. The Kier molecular flexibility index (Phi) is 8.18. The van der Waals surface area contributed by atoms with Crippen LogP contribution in [-0.2, 0) is 9.53 Å². The average molecular weight is 569 g/mol. The normalized spacial score (nSPS) is 16.4. The van der Waals surface area contributed by atoms with Gasteiger partial charge in [0.25, 0.3) is 5.91 Å². The zero-order valence-electron chi connectivity index (χ0n) is 21.8. The number of ether oxygens (including phenoxy) is 1. The third-order valence-electron chi connectivity index (χ3n) is 7.06. The number of esters is 1. The van der Waals surface area contributed by atoms with Crippen LogP contribution in [0, 0.1) is 0 Å². The summed E-state index contributed by atoms with van der Waals surface area (Å²) in [5.74, 6) is 0.919. The van der Waals surface area contributed by atoms with Crippen molar-refractivity contribution in [1.82, 2.24) is 24.8 Å². The van der Waals surface area contributed by atoms with Crippen LogP contribution in [0.5, 0.6) is 0 Å². The number of nitrogens with one attached hydrogen (secondary N) is 2. The zero-order valence-corrected chi connectivity index (χ0v) is 23.3. The molecule has 2 aromatic heterocycles. The van der Waals surface area contributed by atoms with Gasteiger partial charge in [0.1, 0.15) is 18.0 Å². The summed E-state index contributed by atoms with van der Waals surface area (Å²) in [5.41, 5.74) is 2.66. The Balaban J connectivity index is 1.37. The first-order valence-electron chi connectivity index (χ1n) is 13.2. The van der Waals surface area contributed by atoms with Crippen LogP contribution < -0.4 is 5.32 Å². The molecule has 3 heterocycles. The number of anilines is 1. The lowest BCUT2D eigenvalue weighted by Crippen LogP contribution is -2.44. The number of fused-ring (bicyclic) bond motifs is 2. The highest BCUT2D eigenvalue weighted by atomic mass is 35.5. The van der Waals surface area contributed by atoms with Gasteiger partial charge in [0.15, 0.2) is 0 Å². The third kappa shape index (κ3) is 5.94. The molecule has 9 nitrogen and oxygen atoms in total. The molecule has 4 aromatic rings. The number of benzene rings is 2. The second-order valence-corrected chi connectivity index (χ2v) is 10.6. The first-order valence-corrected chi connectivity index (χ1v) is 13.9. The molecule has 11 heteroatoms. The first-order chi connectivity index (χ1) is 18.8. The minimum atomic E-state index is -0.239. The van der Waals surface area contributed by atoms with Crippen LogP contribution in [0.1, 0.15) is 68.2 Å². The molecule has 0 saturated carbocycles. The summed E-state index contributed by atoms with van der Waals surface area (Å²) in [6, 6.07) is 8.73. The minimum absolute atomic E-state index is 0.0374. The van der Waals surface area contributed by atoms with Gasteiger partial charge in [-0.25, -0.2) is 15.0 Å². The van der Waals surface area contributed by atoms with Gasteiger partial charge in [-0.3, -0.25) is 9.59 Å². The molecule has 1 amide bonds. The third-order valence-corrected chi connectivity index (χ3v) is 7.60. The van der Waals surface area contributed by atoms with E-state index in [-0.39, 0.29) is 30.4 Å². The Bertz CT molecular complexity index is 1520. The number of amides is 1. The number of aromatic amines is 1. The predicted octanol–water partition coefficient (Wildman–Crippen LogP) is 6.32. The van der Waals surface area contributed by atoms with Crippen LogP contribution in [-0.4, -0.2) is 55.9 Å². The maximum absolute atomic E-state index is 13.6. The van der Waals surface area contributed by atoms with Gasteiger partial charge >= 0.3 is 5.97 Å². The van der Waals surface area contributed by atoms with Crippen LogP contribution in [0.4, 0.5) is 5.82 Å². The lowest BCUT2D eigenvalue weighted by Gasteiger charge is -2.36. The Labute approximate surface area is 236 Å². The van der Waals surface area contributed by atoms with Gasteiger partial charge in [0, 0.05) is 29.4 Å². The minimum Gasteiger partial charge on any atom is -0.466 e. The number of carbonyl (C=O) groups is 2. The molecule has 0 spiro atoms. The first kappa shape index (κ1) is 27.1. The molecule has 0 unspecified atom stereocenters. The van der Waals surface area contributed by atoms with Gasteiger partial charge in [0.05, 0.1) is 39.8 Å². The smallest absolute Gasteiger partial charge is 0.305 e. The summed E-state index contributed by atoms with van der Waals surface area (Å²) >= 11 is 12.8. The number of likely N-dealkylation sites (tertiary alicyclic amines) is 1. The molecule has 2 aromatic carbocycles. The van der Waals surface area contributed by atoms with E-state index in [9.17, 15) is 9.59 Å². The van der Waals surface area contributed by atoms with E-state index in [2.05, 4.69) is 25.3 Å². The van der Waals surface area contributed by atoms with Crippen LogP contribution in [0.2, 0.25) is 10.0 Å². The quantitative estimate of drug-likeness (QED) is 0.239. The lowest BCUT2D eigenvalue weighted by molar-refractivity contribution is -0.143. The zero-order chi connectivity index (χ0) is 27.5. The van der Waals surface area contributed by atoms with E-state index in [0.29, 0.717) is 51.9 Å². The monoisotopic (exact) mass is 568 g/mol. The Morgan fingerprint density at radius 1 is 1.18 bits per heavy atom. The molecule has 204 valence electrons. The fraction of sp³-hybridized carbons (Fsp3) is 0.393. The van der Waals surface area contributed by atoms with E-state index < -0.39 is 0 Å². The largest absolute Gasteiger partial charge is 0.466 e. The number of rotatable bonds is 8. The van der Waals surface area contributed by atoms with Crippen molar-refractivity contribution in [3.8, 4) is 0 Å². The number of carbonyl (C=O) groups excluding carboxylic acids is 2. The number of nitrogens with zero attached hydrogens (tertiary/aromatic N) is 4. The van der Waals surface area contributed by atoms with Crippen molar-refractivity contribution in [3.63, 3.8) is 0 Å². The van der Waals surface area contributed by atoms with Crippen molar-refractivity contribution < 1.29 is 14.3 Å². The number of aromatic nitrogens is 4.